The fraction of sp³-hybridized carbons (Fsp3) is 0.438. The molecule has 0 aliphatic carbocycles. The number of carboxylic acids is 1. The van der Waals surface area contributed by atoms with Gasteiger partial charge < -0.3 is 20.5 Å². The van der Waals surface area contributed by atoms with Gasteiger partial charge >= 0.3 is 5.97 Å². The Morgan fingerprint density at radius 3 is 2.71 bits per heavy atom. The highest BCUT2D eigenvalue weighted by molar-refractivity contribution is 5.98. The second kappa shape index (κ2) is 7.87. The summed E-state index contributed by atoms with van der Waals surface area (Å²) in [4.78, 5) is 34.8. The number of carboxylic acid groups (broad SMARTS) is 1. The molecule has 1 aromatic carbocycles. The average molecular weight is 338 g/mol. The van der Waals surface area contributed by atoms with Gasteiger partial charge in [0.25, 0.3) is 5.91 Å². The number of anilines is 1. The van der Waals surface area contributed by atoms with Crippen molar-refractivity contribution >= 4 is 23.5 Å². The largest absolute Gasteiger partial charge is 0.480 e. The third-order valence-corrected chi connectivity index (χ3v) is 3.75. The summed E-state index contributed by atoms with van der Waals surface area (Å²) in [6, 6.07) is 2.36. The van der Waals surface area contributed by atoms with Gasteiger partial charge in [-0.15, -0.1) is 0 Å². The van der Waals surface area contributed by atoms with E-state index < -0.39 is 23.7 Å². The van der Waals surface area contributed by atoms with Gasteiger partial charge in [-0.05, 0) is 31.0 Å². The third-order valence-electron chi connectivity index (χ3n) is 3.75. The van der Waals surface area contributed by atoms with Gasteiger partial charge in [-0.1, -0.05) is 0 Å². The summed E-state index contributed by atoms with van der Waals surface area (Å²) in [5.74, 6) is -3.59. The summed E-state index contributed by atoms with van der Waals surface area (Å²) < 4.78 is 19.2. The van der Waals surface area contributed by atoms with Crippen LogP contribution in [-0.2, 0) is 14.3 Å². The van der Waals surface area contributed by atoms with E-state index >= 15 is 0 Å². The molecule has 0 bridgehead atoms. The number of nitrogens with one attached hydrogen (secondary N) is 2. The lowest BCUT2D eigenvalue weighted by molar-refractivity contribution is -0.142. The number of halogens is 1. The number of ether oxygens (including phenoxy) is 1. The van der Waals surface area contributed by atoms with E-state index in [0.717, 1.165) is 6.07 Å². The molecule has 1 aliphatic heterocycles. The molecule has 2 rings (SSSR count). The van der Waals surface area contributed by atoms with Crippen LogP contribution in [-0.4, -0.2) is 42.1 Å². The zero-order valence-corrected chi connectivity index (χ0v) is 13.2. The van der Waals surface area contributed by atoms with E-state index in [9.17, 15) is 23.9 Å². The van der Waals surface area contributed by atoms with Crippen molar-refractivity contribution < 1.29 is 28.6 Å². The molecule has 0 aromatic heterocycles. The van der Waals surface area contributed by atoms with Crippen molar-refractivity contribution in [3.05, 3.63) is 29.6 Å². The highest BCUT2D eigenvalue weighted by atomic mass is 19.1. The van der Waals surface area contributed by atoms with Gasteiger partial charge in [0.1, 0.15) is 11.9 Å². The molecule has 1 heterocycles. The van der Waals surface area contributed by atoms with Crippen LogP contribution in [0.4, 0.5) is 10.1 Å². The van der Waals surface area contributed by atoms with Crippen LogP contribution in [0.3, 0.4) is 0 Å². The maximum atomic E-state index is 13.9. The van der Waals surface area contributed by atoms with E-state index in [1.807, 2.05) is 0 Å². The number of hydrogen-bond donors (Lipinski definition) is 3. The van der Waals surface area contributed by atoms with E-state index in [0.29, 0.717) is 19.4 Å². The molecule has 8 heteroatoms. The van der Waals surface area contributed by atoms with Gasteiger partial charge in [0.15, 0.2) is 0 Å². The summed E-state index contributed by atoms with van der Waals surface area (Å²) in [6.07, 6.45) is 1.31. The van der Waals surface area contributed by atoms with Gasteiger partial charge in [-0.3, -0.25) is 9.59 Å². The van der Waals surface area contributed by atoms with E-state index in [-0.39, 0.29) is 29.7 Å². The number of carbonyl (C=O) groups excluding carboxylic acids is 2. The second-order valence-electron chi connectivity index (χ2n) is 5.64. The lowest BCUT2D eigenvalue weighted by Gasteiger charge is -2.28. The van der Waals surface area contributed by atoms with Gasteiger partial charge in [0, 0.05) is 25.1 Å². The minimum atomic E-state index is -1.20. The Bertz CT molecular complexity index is 643. The molecule has 0 radical (unpaired) electrons. The molecule has 0 spiro atoms. The average Bonchev–Trinajstić information content (AvgIpc) is 2.54. The van der Waals surface area contributed by atoms with Crippen LogP contribution in [0, 0.1) is 11.7 Å². The molecule has 2 atom stereocenters. The Morgan fingerprint density at radius 2 is 2.12 bits per heavy atom. The van der Waals surface area contributed by atoms with Crippen LogP contribution in [0.2, 0.25) is 0 Å². The van der Waals surface area contributed by atoms with Gasteiger partial charge in [-0.2, -0.15) is 0 Å². The molecule has 130 valence electrons. The Morgan fingerprint density at radius 1 is 1.38 bits per heavy atom. The molecule has 1 aromatic rings. The molecule has 3 N–H and O–H groups in total. The topological polar surface area (TPSA) is 105 Å². The summed E-state index contributed by atoms with van der Waals surface area (Å²) >= 11 is 0. The molecule has 1 aliphatic rings. The Balaban J connectivity index is 2.17. The van der Waals surface area contributed by atoms with Crippen molar-refractivity contribution in [3.63, 3.8) is 0 Å². The van der Waals surface area contributed by atoms with Crippen LogP contribution >= 0.6 is 0 Å². The van der Waals surface area contributed by atoms with Crippen LogP contribution in [0.1, 0.15) is 30.1 Å². The molecule has 0 saturated carbocycles. The predicted molar refractivity (Wildman–Crippen MR) is 83.1 cm³/mol. The van der Waals surface area contributed by atoms with Gasteiger partial charge in [-0.25, -0.2) is 9.18 Å². The first-order valence-corrected chi connectivity index (χ1v) is 7.57. The number of rotatable bonds is 5. The smallest absolute Gasteiger partial charge is 0.326 e. The number of benzene rings is 1. The zero-order chi connectivity index (χ0) is 17.7. The SMILES string of the molecule is CC(=O)Nc1ccc(F)c(C(=O)NC(C(=O)O)C2CCCOC2)c1. The molecule has 7 nitrogen and oxygen atoms in total. The molecule has 2 amide bonds. The van der Waals surface area contributed by atoms with E-state index in [2.05, 4.69) is 10.6 Å². The van der Waals surface area contributed by atoms with Crippen LogP contribution < -0.4 is 10.6 Å². The maximum absolute atomic E-state index is 13.9. The molecular formula is C16H19FN2O5. The van der Waals surface area contributed by atoms with Crippen molar-refractivity contribution in [2.75, 3.05) is 18.5 Å². The first-order valence-electron chi connectivity index (χ1n) is 7.57. The Kier molecular flexibility index (Phi) is 5.86. The van der Waals surface area contributed by atoms with E-state index in [1.165, 1.54) is 19.1 Å². The summed E-state index contributed by atoms with van der Waals surface area (Å²) in [7, 11) is 0. The summed E-state index contributed by atoms with van der Waals surface area (Å²) in [5, 5.41) is 14.1. The second-order valence-corrected chi connectivity index (χ2v) is 5.64. The number of hydrogen-bond acceptors (Lipinski definition) is 4. The number of amides is 2. The molecule has 24 heavy (non-hydrogen) atoms. The van der Waals surface area contributed by atoms with Crippen molar-refractivity contribution in [3.8, 4) is 0 Å². The van der Waals surface area contributed by atoms with Crippen molar-refractivity contribution in [1.29, 1.82) is 0 Å². The van der Waals surface area contributed by atoms with Crippen LogP contribution in [0.25, 0.3) is 0 Å². The quantitative estimate of drug-likeness (QED) is 0.752. The first kappa shape index (κ1) is 17.9. The minimum Gasteiger partial charge on any atom is -0.480 e. The highest BCUT2D eigenvalue weighted by Gasteiger charge is 2.32. The zero-order valence-electron chi connectivity index (χ0n) is 13.2. The molecule has 1 saturated heterocycles. The maximum Gasteiger partial charge on any atom is 0.326 e. The Labute approximate surface area is 138 Å². The van der Waals surface area contributed by atoms with Crippen LogP contribution in [0.5, 0.6) is 0 Å². The number of carbonyl (C=O) groups is 3. The summed E-state index contributed by atoms with van der Waals surface area (Å²) in [5.41, 5.74) is -0.0776. The lowest BCUT2D eigenvalue weighted by atomic mass is 9.93. The predicted octanol–water partition coefficient (Wildman–Crippen LogP) is 1.39. The fourth-order valence-corrected chi connectivity index (χ4v) is 2.61. The lowest BCUT2D eigenvalue weighted by Crippen LogP contribution is -2.48. The first-order chi connectivity index (χ1) is 11.4. The summed E-state index contributed by atoms with van der Waals surface area (Å²) in [6.45, 7) is 2.07. The monoisotopic (exact) mass is 338 g/mol. The fourth-order valence-electron chi connectivity index (χ4n) is 2.61. The normalized spacial score (nSPS) is 18.5. The highest BCUT2D eigenvalue weighted by Crippen LogP contribution is 2.20. The minimum absolute atomic E-state index is 0.228. The molecule has 2 unspecified atom stereocenters. The standard InChI is InChI=1S/C16H19FN2O5/c1-9(20)18-11-4-5-13(17)12(7-11)15(21)19-14(16(22)23)10-3-2-6-24-8-10/h4-5,7,10,14H,2-3,6,8H2,1H3,(H,18,20)(H,19,21)(H,22,23). The van der Waals surface area contributed by atoms with E-state index in [1.54, 1.807) is 0 Å². The third kappa shape index (κ3) is 4.51. The Hall–Kier alpha value is -2.48. The van der Waals surface area contributed by atoms with Gasteiger partial charge in [0.2, 0.25) is 5.91 Å². The molecular weight excluding hydrogens is 319 g/mol. The van der Waals surface area contributed by atoms with Crippen molar-refractivity contribution in [1.82, 2.24) is 5.32 Å². The van der Waals surface area contributed by atoms with Crippen LogP contribution in [0.15, 0.2) is 18.2 Å². The van der Waals surface area contributed by atoms with E-state index in [4.69, 9.17) is 4.74 Å². The van der Waals surface area contributed by atoms with Gasteiger partial charge in [0.05, 0.1) is 12.2 Å². The molecule has 1 fully saturated rings. The van der Waals surface area contributed by atoms with Crippen molar-refractivity contribution in [2.45, 2.75) is 25.8 Å². The van der Waals surface area contributed by atoms with Crippen molar-refractivity contribution in [2.24, 2.45) is 5.92 Å². The number of aliphatic carboxylic acids is 1.